The van der Waals surface area contributed by atoms with Crippen LogP contribution in [-0.2, 0) is 6.42 Å². The van der Waals surface area contributed by atoms with Gasteiger partial charge in [-0.15, -0.1) is 0 Å². The van der Waals surface area contributed by atoms with E-state index in [2.05, 4.69) is 6.07 Å². The lowest BCUT2D eigenvalue weighted by molar-refractivity contribution is 0.298. The molecular weight excluding hydrogens is 238 g/mol. The lowest BCUT2D eigenvalue weighted by Crippen LogP contribution is -1.95. The fourth-order valence-corrected chi connectivity index (χ4v) is 1.88. The summed E-state index contributed by atoms with van der Waals surface area (Å²) in [5.41, 5.74) is 2.50. The van der Waals surface area contributed by atoms with Crippen LogP contribution in [0.25, 0.3) is 0 Å². The van der Waals surface area contributed by atoms with Crippen LogP contribution < -0.4 is 4.74 Å². The van der Waals surface area contributed by atoms with Crippen molar-refractivity contribution in [3.8, 4) is 17.6 Å². The normalized spacial score (nSPS) is 9.95. The topological polar surface area (TPSA) is 53.2 Å². The van der Waals surface area contributed by atoms with Crippen LogP contribution >= 0.6 is 0 Å². The summed E-state index contributed by atoms with van der Waals surface area (Å²) in [5.74, 6) is 1.43. The highest BCUT2D eigenvalue weighted by Crippen LogP contribution is 2.27. The standard InChI is InChI=1S/C16H15NO2/c1-12-10-15(7-6-14(12)11-17)19-16-5-3-2-4-13(16)8-9-18/h2-7,10,18H,8-9H2,1H3. The number of hydrogen-bond acceptors (Lipinski definition) is 3. The highest BCUT2D eigenvalue weighted by molar-refractivity contribution is 5.44. The summed E-state index contributed by atoms with van der Waals surface area (Å²) in [6.45, 7) is 1.97. The number of nitrogens with zero attached hydrogens (tertiary/aromatic N) is 1. The van der Waals surface area contributed by atoms with Crippen molar-refractivity contribution < 1.29 is 9.84 Å². The second kappa shape index (κ2) is 6.03. The molecule has 96 valence electrons. The minimum absolute atomic E-state index is 0.0901. The van der Waals surface area contributed by atoms with Crippen LogP contribution in [0.1, 0.15) is 16.7 Å². The number of rotatable bonds is 4. The lowest BCUT2D eigenvalue weighted by atomic mass is 10.1. The molecule has 0 amide bonds. The minimum atomic E-state index is 0.0901. The van der Waals surface area contributed by atoms with Crippen molar-refractivity contribution in [2.45, 2.75) is 13.3 Å². The summed E-state index contributed by atoms with van der Waals surface area (Å²) in [6.07, 6.45) is 0.561. The van der Waals surface area contributed by atoms with E-state index in [4.69, 9.17) is 15.1 Å². The summed E-state index contributed by atoms with van der Waals surface area (Å²) >= 11 is 0. The molecule has 0 bridgehead atoms. The molecule has 0 saturated carbocycles. The van der Waals surface area contributed by atoms with Crippen LogP contribution in [0.3, 0.4) is 0 Å². The number of aliphatic hydroxyl groups excluding tert-OH is 1. The second-order valence-corrected chi connectivity index (χ2v) is 4.27. The predicted octanol–water partition coefficient (Wildman–Crippen LogP) is 3.19. The molecule has 0 atom stereocenters. The van der Waals surface area contributed by atoms with Gasteiger partial charge in [-0.05, 0) is 48.7 Å². The van der Waals surface area contributed by atoms with Gasteiger partial charge in [0, 0.05) is 6.61 Å². The van der Waals surface area contributed by atoms with Crippen LogP contribution in [-0.4, -0.2) is 11.7 Å². The van der Waals surface area contributed by atoms with Gasteiger partial charge >= 0.3 is 0 Å². The van der Waals surface area contributed by atoms with E-state index in [1.165, 1.54) is 0 Å². The fourth-order valence-electron chi connectivity index (χ4n) is 1.88. The first-order valence-corrected chi connectivity index (χ1v) is 6.12. The van der Waals surface area contributed by atoms with E-state index in [9.17, 15) is 0 Å². The van der Waals surface area contributed by atoms with Gasteiger partial charge in [-0.1, -0.05) is 18.2 Å². The predicted molar refractivity (Wildman–Crippen MR) is 73.2 cm³/mol. The highest BCUT2D eigenvalue weighted by atomic mass is 16.5. The molecule has 2 aromatic rings. The zero-order chi connectivity index (χ0) is 13.7. The van der Waals surface area contributed by atoms with E-state index < -0.39 is 0 Å². The quantitative estimate of drug-likeness (QED) is 0.910. The van der Waals surface area contributed by atoms with Crippen molar-refractivity contribution in [1.29, 1.82) is 5.26 Å². The molecule has 0 spiro atoms. The Morgan fingerprint density at radius 1 is 1.21 bits per heavy atom. The molecule has 0 aliphatic rings. The van der Waals surface area contributed by atoms with Gasteiger partial charge < -0.3 is 9.84 Å². The third kappa shape index (κ3) is 3.12. The molecule has 0 aromatic heterocycles. The molecule has 0 unspecified atom stereocenters. The summed E-state index contributed by atoms with van der Waals surface area (Å²) < 4.78 is 5.82. The van der Waals surface area contributed by atoms with Crippen LogP contribution in [0.15, 0.2) is 42.5 Å². The van der Waals surface area contributed by atoms with Gasteiger partial charge in [0.05, 0.1) is 11.6 Å². The highest BCUT2D eigenvalue weighted by Gasteiger charge is 2.05. The van der Waals surface area contributed by atoms with E-state index in [0.717, 1.165) is 16.9 Å². The van der Waals surface area contributed by atoms with Gasteiger partial charge in [0.15, 0.2) is 0 Å². The zero-order valence-electron chi connectivity index (χ0n) is 10.8. The number of para-hydroxylation sites is 1. The van der Waals surface area contributed by atoms with E-state index in [1.807, 2.05) is 37.3 Å². The van der Waals surface area contributed by atoms with Crippen LogP contribution in [0.4, 0.5) is 0 Å². The maximum Gasteiger partial charge on any atom is 0.130 e. The van der Waals surface area contributed by atoms with Gasteiger partial charge in [-0.25, -0.2) is 0 Å². The Hall–Kier alpha value is -2.31. The van der Waals surface area contributed by atoms with Crippen molar-refractivity contribution >= 4 is 0 Å². The van der Waals surface area contributed by atoms with Gasteiger partial charge in [0.25, 0.3) is 0 Å². The molecule has 19 heavy (non-hydrogen) atoms. The summed E-state index contributed by atoms with van der Waals surface area (Å²) in [6, 6.07) is 15.1. The maximum absolute atomic E-state index is 9.03. The van der Waals surface area contributed by atoms with Crippen molar-refractivity contribution in [2.24, 2.45) is 0 Å². The van der Waals surface area contributed by atoms with Gasteiger partial charge in [0.2, 0.25) is 0 Å². The Kier molecular flexibility index (Phi) is 4.17. The first kappa shape index (κ1) is 13.1. The molecule has 2 aromatic carbocycles. The van der Waals surface area contributed by atoms with Gasteiger partial charge in [-0.2, -0.15) is 5.26 Å². The number of aryl methyl sites for hydroxylation is 1. The maximum atomic E-state index is 9.03. The largest absolute Gasteiger partial charge is 0.457 e. The van der Waals surface area contributed by atoms with Gasteiger partial charge in [0.1, 0.15) is 11.5 Å². The molecule has 3 nitrogen and oxygen atoms in total. The van der Waals surface area contributed by atoms with E-state index >= 15 is 0 Å². The minimum Gasteiger partial charge on any atom is -0.457 e. The third-order valence-corrected chi connectivity index (χ3v) is 2.90. The molecule has 0 aliphatic heterocycles. The molecule has 1 N–H and O–H groups in total. The van der Waals surface area contributed by atoms with Crippen LogP contribution in [0.5, 0.6) is 11.5 Å². The van der Waals surface area contributed by atoms with Crippen molar-refractivity contribution in [3.05, 3.63) is 59.2 Å². The first-order valence-electron chi connectivity index (χ1n) is 6.12. The smallest absolute Gasteiger partial charge is 0.130 e. The second-order valence-electron chi connectivity index (χ2n) is 4.27. The fraction of sp³-hybridized carbons (Fsp3) is 0.188. The monoisotopic (exact) mass is 253 g/mol. The molecule has 0 fully saturated rings. The average molecular weight is 253 g/mol. The number of aliphatic hydroxyl groups is 1. The van der Waals surface area contributed by atoms with Crippen LogP contribution in [0.2, 0.25) is 0 Å². The molecular formula is C16H15NO2. The Labute approximate surface area is 112 Å². The SMILES string of the molecule is Cc1cc(Oc2ccccc2CCO)ccc1C#N. The number of nitriles is 1. The summed E-state index contributed by atoms with van der Waals surface area (Å²) in [4.78, 5) is 0. The third-order valence-electron chi connectivity index (χ3n) is 2.90. The molecule has 0 heterocycles. The van der Waals surface area contributed by atoms with Crippen molar-refractivity contribution in [3.63, 3.8) is 0 Å². The number of hydrogen-bond donors (Lipinski definition) is 1. The molecule has 0 saturated heterocycles. The summed E-state index contributed by atoms with van der Waals surface area (Å²) in [7, 11) is 0. The number of ether oxygens (including phenoxy) is 1. The number of benzene rings is 2. The van der Waals surface area contributed by atoms with Gasteiger partial charge in [-0.3, -0.25) is 0 Å². The molecule has 0 aliphatic carbocycles. The van der Waals surface area contributed by atoms with Crippen molar-refractivity contribution in [2.75, 3.05) is 6.61 Å². The van der Waals surface area contributed by atoms with E-state index in [1.54, 1.807) is 12.1 Å². The van der Waals surface area contributed by atoms with E-state index in [0.29, 0.717) is 17.7 Å². The lowest BCUT2D eigenvalue weighted by Gasteiger charge is -2.11. The molecule has 2 rings (SSSR count). The van der Waals surface area contributed by atoms with E-state index in [-0.39, 0.29) is 6.61 Å². The Bertz CT molecular complexity index is 614. The van der Waals surface area contributed by atoms with Crippen molar-refractivity contribution in [1.82, 2.24) is 0 Å². The Balaban J connectivity index is 2.26. The zero-order valence-corrected chi connectivity index (χ0v) is 10.8. The van der Waals surface area contributed by atoms with Crippen LogP contribution in [0, 0.1) is 18.3 Å². The summed E-state index contributed by atoms with van der Waals surface area (Å²) in [5, 5.41) is 17.9. The molecule has 0 radical (unpaired) electrons. The first-order chi connectivity index (χ1) is 9.24. The molecule has 3 heteroatoms. The Morgan fingerprint density at radius 3 is 2.68 bits per heavy atom. The Morgan fingerprint density at radius 2 is 2.00 bits per heavy atom. The average Bonchev–Trinajstić information content (AvgIpc) is 2.41.